The Morgan fingerprint density at radius 3 is 2.69 bits per heavy atom. The number of esters is 1. The second-order valence-corrected chi connectivity index (χ2v) is 8.46. The molecule has 0 fully saturated rings. The summed E-state index contributed by atoms with van der Waals surface area (Å²) in [6.07, 6.45) is 1.32. The van der Waals surface area contributed by atoms with E-state index >= 15 is 0 Å². The Hall–Kier alpha value is -3.79. The number of nitrogens with one attached hydrogen (secondary N) is 1. The number of carbonyl (C=O) groups excluding carboxylic acids is 2. The Morgan fingerprint density at radius 1 is 1.17 bits per heavy atom. The van der Waals surface area contributed by atoms with E-state index in [1.807, 2.05) is 0 Å². The second kappa shape index (κ2) is 12.3. The highest BCUT2D eigenvalue weighted by Crippen LogP contribution is 2.20. The molecule has 2 N–H and O–H groups in total. The molecule has 0 saturated carbocycles. The quantitative estimate of drug-likeness (QED) is 0.386. The average Bonchev–Trinajstić information content (AvgIpc) is 2.85. The van der Waals surface area contributed by atoms with Gasteiger partial charge < -0.3 is 20.1 Å². The van der Waals surface area contributed by atoms with Gasteiger partial charge in [0.1, 0.15) is 18.2 Å². The van der Waals surface area contributed by atoms with Crippen molar-refractivity contribution in [2.24, 2.45) is 0 Å². The molecule has 1 atom stereocenters. The number of halogens is 3. The lowest BCUT2D eigenvalue weighted by atomic mass is 10.1. The highest BCUT2D eigenvalue weighted by atomic mass is 35.5. The molecule has 0 aliphatic heterocycles. The van der Waals surface area contributed by atoms with Crippen molar-refractivity contribution in [3.8, 4) is 0 Å². The Kier molecular flexibility index (Phi) is 9.13. The fourth-order valence-corrected chi connectivity index (χ4v) is 3.63. The van der Waals surface area contributed by atoms with E-state index in [-0.39, 0.29) is 36.8 Å². The predicted molar refractivity (Wildman–Crippen MR) is 128 cm³/mol. The molecule has 0 aliphatic rings. The number of carboxylic acids is 1. The van der Waals surface area contributed by atoms with E-state index in [2.05, 4.69) is 10.3 Å². The summed E-state index contributed by atoms with van der Waals surface area (Å²) in [5.41, 5.74) is 0.921. The minimum Gasteiger partial charge on any atom is -0.481 e. The zero-order valence-corrected chi connectivity index (χ0v) is 20.1. The van der Waals surface area contributed by atoms with Crippen LogP contribution in [0.4, 0.5) is 13.6 Å². The molecule has 3 aromatic rings. The maximum Gasteiger partial charge on any atom is 0.317 e. The first kappa shape index (κ1) is 26.8. The van der Waals surface area contributed by atoms with Crippen molar-refractivity contribution in [2.75, 3.05) is 13.7 Å². The molecule has 0 bridgehead atoms. The number of likely N-dealkylation sites (N-methyl/N-ethyl adjacent to an activating group) is 1. The van der Waals surface area contributed by atoms with Crippen LogP contribution in [0.15, 0.2) is 48.7 Å². The van der Waals surface area contributed by atoms with Gasteiger partial charge in [-0.1, -0.05) is 23.7 Å². The van der Waals surface area contributed by atoms with Crippen LogP contribution in [0.1, 0.15) is 24.1 Å². The van der Waals surface area contributed by atoms with E-state index in [0.717, 1.165) is 10.3 Å². The fourth-order valence-electron chi connectivity index (χ4n) is 3.44. The van der Waals surface area contributed by atoms with Crippen molar-refractivity contribution in [3.63, 3.8) is 0 Å². The summed E-state index contributed by atoms with van der Waals surface area (Å²) in [6.45, 7) is -0.422. The van der Waals surface area contributed by atoms with Crippen molar-refractivity contribution in [1.82, 2.24) is 15.2 Å². The van der Waals surface area contributed by atoms with Gasteiger partial charge in [0.05, 0.1) is 23.9 Å². The van der Waals surface area contributed by atoms with Gasteiger partial charge in [0, 0.05) is 37.3 Å². The molecule has 1 heterocycles. The number of urea groups is 1. The number of hydrogen-bond acceptors (Lipinski definition) is 5. The summed E-state index contributed by atoms with van der Waals surface area (Å²) in [5.74, 6) is -2.79. The summed E-state index contributed by atoms with van der Waals surface area (Å²) < 4.78 is 32.2. The maximum absolute atomic E-state index is 13.6. The lowest BCUT2D eigenvalue weighted by molar-refractivity contribution is -0.147. The van der Waals surface area contributed by atoms with Gasteiger partial charge in [-0.15, -0.1) is 0 Å². The number of ether oxygens (including phenoxy) is 1. The first-order valence-corrected chi connectivity index (χ1v) is 11.4. The van der Waals surface area contributed by atoms with Crippen molar-refractivity contribution in [1.29, 1.82) is 0 Å². The van der Waals surface area contributed by atoms with Gasteiger partial charge in [0.2, 0.25) is 0 Å². The average molecular weight is 520 g/mol. The lowest BCUT2D eigenvalue weighted by Gasteiger charge is -2.27. The molecule has 0 radical (unpaired) electrons. The van der Waals surface area contributed by atoms with Crippen LogP contribution in [0.5, 0.6) is 0 Å². The van der Waals surface area contributed by atoms with E-state index in [1.165, 1.54) is 31.3 Å². The monoisotopic (exact) mass is 519 g/mol. The van der Waals surface area contributed by atoms with Crippen molar-refractivity contribution in [3.05, 3.63) is 76.6 Å². The zero-order chi connectivity index (χ0) is 26.2. The minimum atomic E-state index is -1.18. The Labute approximate surface area is 210 Å². The smallest absolute Gasteiger partial charge is 0.317 e. The number of amides is 2. The maximum atomic E-state index is 13.6. The van der Waals surface area contributed by atoms with E-state index in [1.54, 1.807) is 24.4 Å². The summed E-state index contributed by atoms with van der Waals surface area (Å²) >= 11 is 5.89. The number of carbonyl (C=O) groups is 3. The molecule has 8 nitrogen and oxygen atoms in total. The van der Waals surface area contributed by atoms with Crippen LogP contribution in [-0.2, 0) is 27.3 Å². The largest absolute Gasteiger partial charge is 0.481 e. The van der Waals surface area contributed by atoms with E-state index in [9.17, 15) is 28.3 Å². The van der Waals surface area contributed by atoms with Crippen molar-refractivity contribution >= 4 is 40.3 Å². The number of carboxylic acid groups (broad SMARTS) is 1. The predicted octanol–water partition coefficient (Wildman–Crippen LogP) is 4.33. The highest BCUT2D eigenvalue weighted by Gasteiger charge is 2.24. The van der Waals surface area contributed by atoms with E-state index in [4.69, 9.17) is 16.3 Å². The van der Waals surface area contributed by atoms with Crippen LogP contribution in [0, 0.1) is 11.6 Å². The molecule has 2 amide bonds. The van der Waals surface area contributed by atoms with Gasteiger partial charge in [0.25, 0.3) is 0 Å². The number of aromatic nitrogens is 1. The van der Waals surface area contributed by atoms with Gasteiger partial charge >= 0.3 is 18.0 Å². The molecule has 0 aliphatic carbocycles. The number of rotatable bonds is 10. The van der Waals surface area contributed by atoms with E-state index in [0.29, 0.717) is 16.6 Å². The standard InChI is InChI=1S/C25H24ClF2N3O5/c1-31(25(35)30-13-16-3-2-4-21(28)24(16)26)20(11-22(32)33)14-36-23(34)8-7-19-10-17-9-18(27)6-5-15(17)12-29-19/h2-6,9-10,12,20H,7-8,11,13-14H2,1H3,(H,30,35)(H,32,33)/t20-/m0/s1. The Bertz CT molecular complexity index is 1270. The molecule has 190 valence electrons. The molecule has 1 aromatic heterocycles. The van der Waals surface area contributed by atoms with Gasteiger partial charge in [-0.05, 0) is 41.3 Å². The third kappa shape index (κ3) is 7.35. The number of aryl methyl sites for hydroxylation is 1. The summed E-state index contributed by atoms with van der Waals surface area (Å²) in [7, 11) is 1.36. The molecule has 3 rings (SSSR count). The summed E-state index contributed by atoms with van der Waals surface area (Å²) in [6, 6.07) is 8.59. The molecule has 0 saturated heterocycles. The van der Waals surface area contributed by atoms with Gasteiger partial charge in [-0.2, -0.15) is 0 Å². The first-order valence-electron chi connectivity index (χ1n) is 11.0. The van der Waals surface area contributed by atoms with Gasteiger partial charge in [-0.25, -0.2) is 13.6 Å². The van der Waals surface area contributed by atoms with Crippen LogP contribution < -0.4 is 5.32 Å². The molecule has 2 aromatic carbocycles. The number of pyridine rings is 1. The van der Waals surface area contributed by atoms with Crippen molar-refractivity contribution < 1.29 is 33.0 Å². The normalized spacial score (nSPS) is 11.7. The summed E-state index contributed by atoms with van der Waals surface area (Å²) in [5, 5.41) is 13.1. The van der Waals surface area contributed by atoms with Crippen LogP contribution in [0.3, 0.4) is 0 Å². The number of aliphatic carboxylic acids is 1. The molecular formula is C25H24ClF2N3O5. The van der Waals surface area contributed by atoms with Gasteiger partial charge in [0.15, 0.2) is 0 Å². The van der Waals surface area contributed by atoms with Crippen LogP contribution in [0.2, 0.25) is 5.02 Å². The molecule has 11 heteroatoms. The van der Waals surface area contributed by atoms with Gasteiger partial charge in [-0.3, -0.25) is 14.6 Å². The number of nitrogens with zero attached hydrogens (tertiary/aromatic N) is 2. The molecular weight excluding hydrogens is 496 g/mol. The van der Waals surface area contributed by atoms with Crippen molar-refractivity contribution in [2.45, 2.75) is 31.8 Å². The number of benzene rings is 2. The van der Waals surface area contributed by atoms with Crippen LogP contribution >= 0.6 is 11.6 Å². The Morgan fingerprint density at radius 2 is 1.94 bits per heavy atom. The van der Waals surface area contributed by atoms with Crippen LogP contribution in [-0.4, -0.2) is 52.7 Å². The lowest BCUT2D eigenvalue weighted by Crippen LogP contribution is -2.46. The first-order chi connectivity index (χ1) is 17.1. The summed E-state index contributed by atoms with van der Waals surface area (Å²) in [4.78, 5) is 41.4. The topological polar surface area (TPSA) is 109 Å². The third-order valence-electron chi connectivity index (χ3n) is 5.50. The molecule has 36 heavy (non-hydrogen) atoms. The Balaban J connectivity index is 1.53. The third-order valence-corrected chi connectivity index (χ3v) is 5.93. The highest BCUT2D eigenvalue weighted by molar-refractivity contribution is 6.31. The minimum absolute atomic E-state index is 0.0401. The SMILES string of the molecule is CN(C(=O)NCc1cccc(F)c1Cl)[C@H](COC(=O)CCc1cc2cc(F)ccc2cn1)CC(=O)O. The second-order valence-electron chi connectivity index (χ2n) is 8.08. The molecule has 0 spiro atoms. The zero-order valence-electron chi connectivity index (χ0n) is 19.3. The van der Waals surface area contributed by atoms with Crippen LogP contribution in [0.25, 0.3) is 10.8 Å². The van der Waals surface area contributed by atoms with E-state index < -0.39 is 36.2 Å². The number of fused-ring (bicyclic) bond motifs is 1. The molecule has 0 unspecified atom stereocenters. The fraction of sp³-hybridized carbons (Fsp3) is 0.280. The number of hydrogen-bond donors (Lipinski definition) is 2.